The monoisotopic (exact) mass is 299 g/mol. The highest BCUT2D eigenvalue weighted by atomic mass is 16.5. The lowest BCUT2D eigenvalue weighted by atomic mass is 9.74. The Morgan fingerprint density at radius 1 is 1.10 bits per heavy atom. The molecule has 0 atom stereocenters. The molecule has 0 unspecified atom stereocenters. The first-order valence-electron chi connectivity index (χ1n) is 8.27. The van der Waals surface area contributed by atoms with Crippen LogP contribution < -0.4 is 5.32 Å². The number of carbonyl (C=O) groups is 1. The van der Waals surface area contributed by atoms with E-state index in [1.54, 1.807) is 7.11 Å². The van der Waals surface area contributed by atoms with Gasteiger partial charge in [0.2, 0.25) is 5.91 Å². The minimum Gasteiger partial charge on any atom is -0.382 e. The van der Waals surface area contributed by atoms with Crippen LogP contribution in [0.4, 0.5) is 0 Å². The Balaban J connectivity index is 2.11. The smallest absolute Gasteiger partial charge is 0.223 e. The molecule has 0 saturated heterocycles. The summed E-state index contributed by atoms with van der Waals surface area (Å²) in [5.41, 5.74) is 0.402. The molecule has 4 heteroatoms. The van der Waals surface area contributed by atoms with E-state index in [4.69, 9.17) is 9.47 Å². The third-order valence-electron chi connectivity index (χ3n) is 4.10. The van der Waals surface area contributed by atoms with Crippen LogP contribution in [0.25, 0.3) is 0 Å². The first-order chi connectivity index (χ1) is 9.92. The Kier molecular flexibility index (Phi) is 8.27. The molecule has 0 aromatic carbocycles. The van der Waals surface area contributed by atoms with Gasteiger partial charge in [-0.25, -0.2) is 0 Å². The van der Waals surface area contributed by atoms with Crippen LogP contribution in [0.1, 0.15) is 52.9 Å². The fraction of sp³-hybridized carbons (Fsp3) is 0.941. The molecule has 1 aliphatic rings. The molecule has 0 aromatic heterocycles. The van der Waals surface area contributed by atoms with Crippen molar-refractivity contribution in [2.24, 2.45) is 17.3 Å². The molecule has 1 rings (SSSR count). The summed E-state index contributed by atoms with van der Waals surface area (Å²) in [4.78, 5) is 12.1. The van der Waals surface area contributed by atoms with Crippen LogP contribution in [0.5, 0.6) is 0 Å². The van der Waals surface area contributed by atoms with Crippen molar-refractivity contribution >= 4 is 5.91 Å². The van der Waals surface area contributed by atoms with Crippen molar-refractivity contribution in [3.8, 4) is 0 Å². The first-order valence-corrected chi connectivity index (χ1v) is 8.27. The maximum atomic E-state index is 12.1. The van der Waals surface area contributed by atoms with Gasteiger partial charge in [-0.3, -0.25) is 4.79 Å². The number of hydrogen-bond donors (Lipinski definition) is 1. The molecule has 1 saturated carbocycles. The highest BCUT2D eigenvalue weighted by Crippen LogP contribution is 2.36. The molecule has 1 aliphatic carbocycles. The van der Waals surface area contributed by atoms with Gasteiger partial charge >= 0.3 is 0 Å². The number of hydrogen-bond acceptors (Lipinski definition) is 3. The topological polar surface area (TPSA) is 47.6 Å². The molecule has 0 bridgehead atoms. The maximum absolute atomic E-state index is 12.1. The average molecular weight is 299 g/mol. The number of carbonyl (C=O) groups excluding carboxylic acids is 1. The van der Waals surface area contributed by atoms with Gasteiger partial charge in [-0.1, -0.05) is 20.8 Å². The van der Waals surface area contributed by atoms with Crippen LogP contribution in [-0.4, -0.2) is 39.4 Å². The molecule has 21 heavy (non-hydrogen) atoms. The van der Waals surface area contributed by atoms with E-state index in [1.807, 2.05) is 0 Å². The van der Waals surface area contributed by atoms with E-state index in [2.05, 4.69) is 26.1 Å². The third kappa shape index (κ3) is 8.42. The summed E-state index contributed by atoms with van der Waals surface area (Å²) in [5.74, 6) is 1.21. The Morgan fingerprint density at radius 3 is 2.33 bits per heavy atom. The standard InChI is InChI=1S/C17H33NO3/c1-17(2,3)13-14-5-7-15(8-6-14)16(19)18-9-10-21-12-11-20-4/h14-15H,5-13H2,1-4H3,(H,18,19). The predicted molar refractivity (Wildman–Crippen MR) is 85.2 cm³/mol. The van der Waals surface area contributed by atoms with Gasteiger partial charge in [-0.2, -0.15) is 0 Å². The summed E-state index contributed by atoms with van der Waals surface area (Å²) in [6.07, 6.45) is 5.74. The zero-order valence-electron chi connectivity index (χ0n) is 14.2. The van der Waals surface area contributed by atoms with Crippen LogP contribution >= 0.6 is 0 Å². The lowest BCUT2D eigenvalue weighted by Crippen LogP contribution is -2.35. The van der Waals surface area contributed by atoms with Crippen molar-refractivity contribution in [3.63, 3.8) is 0 Å². The van der Waals surface area contributed by atoms with Crippen molar-refractivity contribution in [3.05, 3.63) is 0 Å². The summed E-state index contributed by atoms with van der Waals surface area (Å²) in [6, 6.07) is 0. The second kappa shape index (κ2) is 9.42. The molecule has 0 heterocycles. The van der Waals surface area contributed by atoms with Gasteiger partial charge in [0.15, 0.2) is 0 Å². The van der Waals surface area contributed by atoms with Crippen LogP contribution in [0, 0.1) is 17.3 Å². The summed E-state index contributed by atoms with van der Waals surface area (Å²) in [6.45, 7) is 9.26. The number of methoxy groups -OCH3 is 1. The van der Waals surface area contributed by atoms with E-state index in [0.29, 0.717) is 31.8 Å². The molecule has 1 fully saturated rings. The second-order valence-electron chi connectivity index (χ2n) is 7.38. The maximum Gasteiger partial charge on any atom is 0.223 e. The molecule has 0 aromatic rings. The third-order valence-corrected chi connectivity index (χ3v) is 4.10. The highest BCUT2D eigenvalue weighted by molar-refractivity contribution is 5.78. The van der Waals surface area contributed by atoms with Gasteiger partial charge in [0.05, 0.1) is 19.8 Å². The molecule has 1 N–H and O–H groups in total. The van der Waals surface area contributed by atoms with E-state index >= 15 is 0 Å². The van der Waals surface area contributed by atoms with Gasteiger partial charge < -0.3 is 14.8 Å². The van der Waals surface area contributed by atoms with Crippen molar-refractivity contribution in [2.45, 2.75) is 52.9 Å². The van der Waals surface area contributed by atoms with Crippen LogP contribution in [-0.2, 0) is 14.3 Å². The van der Waals surface area contributed by atoms with Crippen molar-refractivity contribution < 1.29 is 14.3 Å². The van der Waals surface area contributed by atoms with Gasteiger partial charge in [0.25, 0.3) is 0 Å². The molecule has 0 radical (unpaired) electrons. The predicted octanol–water partition coefficient (Wildman–Crippen LogP) is 3.01. The number of nitrogens with one attached hydrogen (secondary N) is 1. The molecule has 1 amide bonds. The summed E-state index contributed by atoms with van der Waals surface area (Å²) in [5, 5.41) is 2.99. The van der Waals surface area contributed by atoms with E-state index in [1.165, 1.54) is 19.3 Å². The fourth-order valence-corrected chi connectivity index (χ4v) is 3.13. The summed E-state index contributed by atoms with van der Waals surface area (Å²) < 4.78 is 10.2. The number of ether oxygens (including phenoxy) is 2. The highest BCUT2D eigenvalue weighted by Gasteiger charge is 2.28. The zero-order chi connectivity index (χ0) is 15.7. The van der Waals surface area contributed by atoms with Crippen LogP contribution in [0.2, 0.25) is 0 Å². The zero-order valence-corrected chi connectivity index (χ0v) is 14.2. The lowest BCUT2D eigenvalue weighted by Gasteiger charge is -2.32. The molecule has 124 valence electrons. The fourth-order valence-electron chi connectivity index (χ4n) is 3.13. The van der Waals surface area contributed by atoms with Crippen molar-refractivity contribution in [2.75, 3.05) is 33.5 Å². The Hall–Kier alpha value is -0.610. The van der Waals surface area contributed by atoms with Gasteiger partial charge in [-0.05, 0) is 43.4 Å². The van der Waals surface area contributed by atoms with Crippen LogP contribution in [0.3, 0.4) is 0 Å². The van der Waals surface area contributed by atoms with E-state index in [-0.39, 0.29) is 11.8 Å². The van der Waals surface area contributed by atoms with Gasteiger partial charge in [-0.15, -0.1) is 0 Å². The van der Waals surface area contributed by atoms with Crippen molar-refractivity contribution in [1.29, 1.82) is 0 Å². The Morgan fingerprint density at radius 2 is 1.76 bits per heavy atom. The molecule has 4 nitrogen and oxygen atoms in total. The van der Waals surface area contributed by atoms with E-state index in [0.717, 1.165) is 18.8 Å². The number of amides is 1. The van der Waals surface area contributed by atoms with Gasteiger partial charge in [0.1, 0.15) is 0 Å². The molecule has 0 aliphatic heterocycles. The first kappa shape index (κ1) is 18.4. The minimum atomic E-state index is 0.208. The SMILES string of the molecule is COCCOCCNC(=O)C1CCC(CC(C)(C)C)CC1. The summed E-state index contributed by atoms with van der Waals surface area (Å²) >= 11 is 0. The largest absolute Gasteiger partial charge is 0.382 e. The lowest BCUT2D eigenvalue weighted by molar-refractivity contribution is -0.126. The second-order valence-corrected chi connectivity index (χ2v) is 7.38. The summed E-state index contributed by atoms with van der Waals surface area (Å²) in [7, 11) is 1.65. The quantitative estimate of drug-likeness (QED) is 0.701. The Labute approximate surface area is 130 Å². The van der Waals surface area contributed by atoms with Gasteiger partial charge in [0, 0.05) is 19.6 Å². The molecular weight excluding hydrogens is 266 g/mol. The molecule has 0 spiro atoms. The normalized spacial score (nSPS) is 23.0. The average Bonchev–Trinajstić information content (AvgIpc) is 2.41. The van der Waals surface area contributed by atoms with E-state index in [9.17, 15) is 4.79 Å². The van der Waals surface area contributed by atoms with Crippen molar-refractivity contribution in [1.82, 2.24) is 5.32 Å². The molecular formula is C17H33NO3. The Bertz CT molecular complexity index is 291. The minimum absolute atomic E-state index is 0.208. The van der Waals surface area contributed by atoms with Crippen LogP contribution in [0.15, 0.2) is 0 Å². The van der Waals surface area contributed by atoms with E-state index < -0.39 is 0 Å². The number of rotatable bonds is 8.